The minimum atomic E-state index is 0.125. The summed E-state index contributed by atoms with van der Waals surface area (Å²) < 4.78 is 0. The molecule has 0 spiro atoms. The Hall–Kier alpha value is -2.18. The van der Waals surface area contributed by atoms with Gasteiger partial charge < -0.3 is 9.80 Å². The van der Waals surface area contributed by atoms with Gasteiger partial charge in [0.2, 0.25) is 11.8 Å². The molecular weight excluding hydrogens is 454 g/mol. The van der Waals surface area contributed by atoms with Gasteiger partial charge in [-0.15, -0.1) is 11.3 Å². The molecule has 35 heavy (non-hydrogen) atoms. The van der Waals surface area contributed by atoms with E-state index < -0.39 is 0 Å². The smallest absolute Gasteiger partial charge is 0.236 e. The van der Waals surface area contributed by atoms with Crippen molar-refractivity contribution in [2.45, 2.75) is 65.3 Å². The third-order valence-corrected chi connectivity index (χ3v) is 8.79. The van der Waals surface area contributed by atoms with E-state index in [1.54, 1.807) is 0 Å². The fourth-order valence-corrected chi connectivity index (χ4v) is 6.57. The summed E-state index contributed by atoms with van der Waals surface area (Å²) >= 11 is 1.83. The first-order valence-corrected chi connectivity index (χ1v) is 14.3. The van der Waals surface area contributed by atoms with Crippen LogP contribution in [0.5, 0.6) is 0 Å². The molecule has 0 aliphatic carbocycles. The van der Waals surface area contributed by atoms with Crippen LogP contribution < -0.4 is 0 Å². The fraction of sp³-hybridized carbons (Fsp3) is 0.586. The predicted molar refractivity (Wildman–Crippen MR) is 144 cm³/mol. The average molecular weight is 496 g/mol. The number of fused-ring (bicyclic) bond motifs is 1. The molecule has 0 bridgehead atoms. The molecule has 2 atom stereocenters. The third-order valence-electron chi connectivity index (χ3n) is 7.80. The molecule has 2 unspecified atom stereocenters. The summed E-state index contributed by atoms with van der Waals surface area (Å²) in [6, 6.07) is 10.9. The van der Waals surface area contributed by atoms with Crippen LogP contribution in [0.1, 0.15) is 73.6 Å². The Labute approximate surface area is 215 Å². The average Bonchev–Trinajstić information content (AvgIpc) is 3.20. The van der Waals surface area contributed by atoms with Crippen LogP contribution in [-0.2, 0) is 16.0 Å². The lowest BCUT2D eigenvalue weighted by atomic mass is 9.90. The van der Waals surface area contributed by atoms with Gasteiger partial charge in [-0.05, 0) is 60.7 Å². The summed E-state index contributed by atoms with van der Waals surface area (Å²) in [5.74, 6) is 0.602. The van der Waals surface area contributed by atoms with Crippen molar-refractivity contribution in [3.8, 4) is 0 Å². The van der Waals surface area contributed by atoms with Crippen molar-refractivity contribution >= 4 is 23.2 Å². The molecule has 2 amide bonds. The zero-order valence-electron chi connectivity index (χ0n) is 21.7. The normalized spacial score (nSPS) is 19.8. The SMILES string of the molecule is CCCCC(CC)C(=O)N1CCCN(C(=O)CN2CCc3sccc3C2c2ccccc2C)CC1. The van der Waals surface area contributed by atoms with Crippen molar-refractivity contribution in [1.82, 2.24) is 14.7 Å². The molecule has 0 saturated carbocycles. The molecule has 0 N–H and O–H groups in total. The van der Waals surface area contributed by atoms with Gasteiger partial charge in [-0.25, -0.2) is 0 Å². The number of amides is 2. The van der Waals surface area contributed by atoms with Crippen molar-refractivity contribution in [1.29, 1.82) is 0 Å². The number of nitrogens with zero attached hydrogens (tertiary/aromatic N) is 3. The van der Waals surface area contributed by atoms with Crippen LogP contribution in [0.3, 0.4) is 0 Å². The van der Waals surface area contributed by atoms with Gasteiger partial charge in [-0.2, -0.15) is 0 Å². The first kappa shape index (κ1) is 25.9. The number of thiophene rings is 1. The van der Waals surface area contributed by atoms with Crippen molar-refractivity contribution < 1.29 is 9.59 Å². The first-order chi connectivity index (χ1) is 17.0. The quantitative estimate of drug-likeness (QED) is 0.500. The summed E-state index contributed by atoms with van der Waals surface area (Å²) in [6.07, 6.45) is 5.96. The Morgan fingerprint density at radius 1 is 1.00 bits per heavy atom. The van der Waals surface area contributed by atoms with E-state index in [1.807, 2.05) is 21.1 Å². The summed E-state index contributed by atoms with van der Waals surface area (Å²) in [5, 5.41) is 2.19. The summed E-state index contributed by atoms with van der Waals surface area (Å²) in [6.45, 7) is 10.6. The molecule has 5 nitrogen and oxygen atoms in total. The molecule has 2 aliphatic heterocycles. The van der Waals surface area contributed by atoms with Crippen LogP contribution in [0.4, 0.5) is 0 Å². The zero-order valence-corrected chi connectivity index (χ0v) is 22.5. The number of carbonyl (C=O) groups excluding carboxylic acids is 2. The molecule has 2 aliphatic rings. The Morgan fingerprint density at radius 2 is 1.77 bits per heavy atom. The van der Waals surface area contributed by atoms with E-state index >= 15 is 0 Å². The number of aryl methyl sites for hydroxylation is 1. The number of unbranched alkanes of at least 4 members (excludes halogenated alkanes) is 1. The van der Waals surface area contributed by atoms with E-state index in [9.17, 15) is 9.59 Å². The standard InChI is InChI=1S/C29H41N3O2S/c1-4-6-11-23(5-2)29(34)31-16-9-15-30(18-19-31)27(33)21-32-17-13-26-25(14-20-35-26)28(32)24-12-8-7-10-22(24)3/h7-8,10,12,14,20,23,28H,4-6,9,11,13,15-19,21H2,1-3H3. The summed E-state index contributed by atoms with van der Waals surface area (Å²) in [5.41, 5.74) is 3.92. The van der Waals surface area contributed by atoms with Crippen LogP contribution in [0.15, 0.2) is 35.7 Å². The topological polar surface area (TPSA) is 43.9 Å². The fourth-order valence-electron chi connectivity index (χ4n) is 5.67. The highest BCUT2D eigenvalue weighted by Gasteiger charge is 2.33. The van der Waals surface area contributed by atoms with Crippen LogP contribution >= 0.6 is 11.3 Å². The van der Waals surface area contributed by atoms with E-state index in [-0.39, 0.29) is 23.8 Å². The lowest BCUT2D eigenvalue weighted by molar-refractivity contribution is -0.137. The number of hydrogen-bond acceptors (Lipinski definition) is 4. The van der Waals surface area contributed by atoms with Crippen LogP contribution in [-0.4, -0.2) is 65.8 Å². The first-order valence-electron chi connectivity index (χ1n) is 13.5. The van der Waals surface area contributed by atoms with E-state index in [1.165, 1.54) is 21.6 Å². The van der Waals surface area contributed by atoms with Gasteiger partial charge in [0.25, 0.3) is 0 Å². The van der Waals surface area contributed by atoms with Gasteiger partial charge in [0.1, 0.15) is 0 Å². The van der Waals surface area contributed by atoms with Crippen molar-refractivity contribution in [3.05, 3.63) is 57.3 Å². The van der Waals surface area contributed by atoms with Gasteiger partial charge in [0.05, 0.1) is 12.6 Å². The summed E-state index contributed by atoms with van der Waals surface area (Å²) in [7, 11) is 0. The predicted octanol–water partition coefficient (Wildman–Crippen LogP) is 5.28. The molecule has 1 fully saturated rings. The minimum Gasteiger partial charge on any atom is -0.341 e. The monoisotopic (exact) mass is 495 g/mol. The van der Waals surface area contributed by atoms with E-state index in [0.717, 1.165) is 58.2 Å². The second kappa shape index (κ2) is 12.2. The van der Waals surface area contributed by atoms with Crippen molar-refractivity contribution in [3.63, 3.8) is 0 Å². The second-order valence-electron chi connectivity index (χ2n) is 10.1. The van der Waals surface area contributed by atoms with Crippen LogP contribution in [0.25, 0.3) is 0 Å². The molecule has 1 saturated heterocycles. The highest BCUT2D eigenvalue weighted by molar-refractivity contribution is 7.10. The number of carbonyl (C=O) groups is 2. The van der Waals surface area contributed by atoms with E-state index in [4.69, 9.17) is 0 Å². The van der Waals surface area contributed by atoms with E-state index in [0.29, 0.717) is 19.6 Å². The number of benzene rings is 1. The Kier molecular flexibility index (Phi) is 9.01. The number of rotatable bonds is 8. The van der Waals surface area contributed by atoms with Gasteiger partial charge in [-0.3, -0.25) is 14.5 Å². The largest absolute Gasteiger partial charge is 0.341 e. The lowest BCUT2D eigenvalue weighted by Gasteiger charge is -2.37. The molecule has 0 radical (unpaired) electrons. The number of hydrogen-bond donors (Lipinski definition) is 0. The summed E-state index contributed by atoms with van der Waals surface area (Å²) in [4.78, 5) is 34.5. The van der Waals surface area contributed by atoms with Gasteiger partial charge in [-0.1, -0.05) is 51.0 Å². The molecule has 4 rings (SSSR count). The Morgan fingerprint density at radius 3 is 2.54 bits per heavy atom. The molecule has 3 heterocycles. The van der Waals surface area contributed by atoms with Crippen molar-refractivity contribution in [2.75, 3.05) is 39.3 Å². The molecule has 1 aromatic carbocycles. The Bertz CT molecular complexity index is 1000. The maximum absolute atomic E-state index is 13.5. The molecular formula is C29H41N3O2S. The minimum absolute atomic E-state index is 0.125. The maximum Gasteiger partial charge on any atom is 0.236 e. The Balaban J connectivity index is 1.43. The second-order valence-corrected chi connectivity index (χ2v) is 11.1. The van der Waals surface area contributed by atoms with E-state index in [2.05, 4.69) is 61.4 Å². The van der Waals surface area contributed by atoms with Gasteiger partial charge in [0.15, 0.2) is 0 Å². The molecule has 6 heteroatoms. The zero-order chi connectivity index (χ0) is 24.8. The van der Waals surface area contributed by atoms with Gasteiger partial charge in [0, 0.05) is 43.5 Å². The van der Waals surface area contributed by atoms with Crippen LogP contribution in [0.2, 0.25) is 0 Å². The maximum atomic E-state index is 13.5. The third kappa shape index (κ3) is 5.97. The van der Waals surface area contributed by atoms with Crippen LogP contribution in [0, 0.1) is 12.8 Å². The van der Waals surface area contributed by atoms with Gasteiger partial charge >= 0.3 is 0 Å². The lowest BCUT2D eigenvalue weighted by Crippen LogP contribution is -2.46. The molecule has 2 aromatic rings. The highest BCUT2D eigenvalue weighted by atomic mass is 32.1. The highest BCUT2D eigenvalue weighted by Crippen LogP contribution is 2.38. The molecule has 190 valence electrons. The van der Waals surface area contributed by atoms with Crippen molar-refractivity contribution in [2.24, 2.45) is 5.92 Å². The molecule has 1 aromatic heterocycles.